The summed E-state index contributed by atoms with van der Waals surface area (Å²) >= 11 is 3.57. The molecular weight excluding hydrogens is 433 g/mol. The van der Waals surface area contributed by atoms with E-state index in [1.54, 1.807) is 0 Å². The van der Waals surface area contributed by atoms with Crippen LogP contribution in [-0.2, 0) is 13.0 Å². The number of piperazine rings is 1. The molecule has 0 unspecified atom stereocenters. The van der Waals surface area contributed by atoms with Gasteiger partial charge in [0.15, 0.2) is 0 Å². The molecular formula is C21H24BrF3N2O. The van der Waals surface area contributed by atoms with Crippen LogP contribution in [0.1, 0.15) is 11.1 Å². The Hall–Kier alpha value is -1.57. The Morgan fingerprint density at radius 1 is 0.893 bits per heavy atom. The summed E-state index contributed by atoms with van der Waals surface area (Å²) < 4.78 is 44.2. The summed E-state index contributed by atoms with van der Waals surface area (Å²) in [6.45, 7) is 2.84. The second-order valence-corrected chi connectivity index (χ2v) is 7.88. The fourth-order valence-corrected chi connectivity index (χ4v) is 3.80. The van der Waals surface area contributed by atoms with Crippen LogP contribution in [0.4, 0.5) is 13.2 Å². The average Bonchev–Trinajstić information content (AvgIpc) is 2.66. The second kappa shape index (κ2) is 9.76. The lowest BCUT2D eigenvalue weighted by Crippen LogP contribution is -2.49. The van der Waals surface area contributed by atoms with Gasteiger partial charge in [-0.25, -0.2) is 0 Å². The van der Waals surface area contributed by atoms with E-state index in [1.807, 2.05) is 42.5 Å². The molecule has 152 valence electrons. The van der Waals surface area contributed by atoms with Crippen LogP contribution in [0.3, 0.4) is 0 Å². The molecule has 1 heterocycles. The van der Waals surface area contributed by atoms with Crippen molar-refractivity contribution >= 4 is 15.9 Å². The topological polar surface area (TPSA) is 15.7 Å². The smallest absolute Gasteiger partial charge is 0.401 e. The first kappa shape index (κ1) is 21.1. The van der Waals surface area contributed by atoms with E-state index in [4.69, 9.17) is 4.74 Å². The van der Waals surface area contributed by atoms with Gasteiger partial charge in [0.1, 0.15) is 12.4 Å². The number of rotatable bonds is 7. The van der Waals surface area contributed by atoms with Crippen LogP contribution in [0, 0.1) is 0 Å². The van der Waals surface area contributed by atoms with E-state index < -0.39 is 12.7 Å². The Morgan fingerprint density at radius 2 is 1.57 bits per heavy atom. The number of hydrogen-bond donors (Lipinski definition) is 0. The van der Waals surface area contributed by atoms with Crippen molar-refractivity contribution in [3.05, 3.63) is 64.1 Å². The minimum Gasteiger partial charge on any atom is -0.488 e. The lowest BCUT2D eigenvalue weighted by atomic mass is 10.1. The van der Waals surface area contributed by atoms with Gasteiger partial charge >= 0.3 is 6.18 Å². The van der Waals surface area contributed by atoms with Crippen molar-refractivity contribution in [2.75, 3.05) is 39.3 Å². The summed E-state index contributed by atoms with van der Waals surface area (Å²) in [4.78, 5) is 3.70. The molecule has 0 saturated carbocycles. The minimum atomic E-state index is -4.11. The molecule has 0 N–H and O–H groups in total. The van der Waals surface area contributed by atoms with E-state index >= 15 is 0 Å². The maximum Gasteiger partial charge on any atom is 0.401 e. The van der Waals surface area contributed by atoms with Crippen LogP contribution < -0.4 is 4.74 Å². The van der Waals surface area contributed by atoms with Gasteiger partial charge in [-0.05, 0) is 45.6 Å². The Kier molecular flexibility index (Phi) is 7.37. The Balaban J connectivity index is 1.43. The molecule has 1 saturated heterocycles. The molecule has 0 aromatic heterocycles. The lowest BCUT2D eigenvalue weighted by molar-refractivity contribution is -0.149. The van der Waals surface area contributed by atoms with Crippen LogP contribution in [0.2, 0.25) is 0 Å². The van der Waals surface area contributed by atoms with Gasteiger partial charge in [-0.1, -0.05) is 36.4 Å². The third-order valence-corrected chi connectivity index (χ3v) is 5.44. The molecule has 1 aliphatic rings. The van der Waals surface area contributed by atoms with Gasteiger partial charge in [-0.3, -0.25) is 4.90 Å². The van der Waals surface area contributed by atoms with E-state index in [-0.39, 0.29) is 0 Å². The predicted molar refractivity (Wildman–Crippen MR) is 108 cm³/mol. The monoisotopic (exact) mass is 456 g/mol. The van der Waals surface area contributed by atoms with E-state index in [0.29, 0.717) is 32.8 Å². The van der Waals surface area contributed by atoms with Crippen molar-refractivity contribution in [1.29, 1.82) is 0 Å². The third kappa shape index (κ3) is 6.79. The van der Waals surface area contributed by atoms with Gasteiger partial charge < -0.3 is 9.64 Å². The van der Waals surface area contributed by atoms with Gasteiger partial charge in [0.25, 0.3) is 0 Å². The van der Waals surface area contributed by atoms with E-state index in [1.165, 1.54) is 10.5 Å². The first-order valence-corrected chi connectivity index (χ1v) is 10.1. The number of hydrogen-bond acceptors (Lipinski definition) is 3. The fourth-order valence-electron chi connectivity index (χ4n) is 3.26. The SMILES string of the molecule is FC(F)(F)CN1CCN(CCc2ccc(OCc3ccccc3)c(Br)c2)CC1. The predicted octanol–water partition coefficient (Wildman–Crippen LogP) is 4.75. The number of nitrogens with zero attached hydrogens (tertiary/aromatic N) is 2. The molecule has 1 fully saturated rings. The molecule has 0 bridgehead atoms. The number of ether oxygens (including phenoxy) is 1. The molecule has 28 heavy (non-hydrogen) atoms. The van der Waals surface area contributed by atoms with Crippen LogP contribution in [-0.4, -0.2) is 55.2 Å². The fraction of sp³-hybridized carbons (Fsp3) is 0.429. The average molecular weight is 457 g/mol. The Bertz CT molecular complexity index is 747. The summed E-state index contributed by atoms with van der Waals surface area (Å²) in [5, 5.41) is 0. The van der Waals surface area contributed by atoms with Crippen LogP contribution >= 0.6 is 15.9 Å². The normalized spacial score (nSPS) is 16.3. The molecule has 3 rings (SSSR count). The summed E-state index contributed by atoms with van der Waals surface area (Å²) in [5.74, 6) is 0.799. The maximum atomic E-state index is 12.5. The zero-order valence-electron chi connectivity index (χ0n) is 15.6. The first-order valence-electron chi connectivity index (χ1n) is 9.36. The largest absolute Gasteiger partial charge is 0.488 e. The Labute approximate surface area is 172 Å². The molecule has 7 heteroatoms. The van der Waals surface area contributed by atoms with Gasteiger partial charge in [0.2, 0.25) is 0 Å². The molecule has 2 aromatic rings. The highest BCUT2D eigenvalue weighted by Gasteiger charge is 2.31. The molecule has 0 radical (unpaired) electrons. The standard InChI is InChI=1S/C21H24BrF3N2O/c22-19-14-17(6-7-20(19)28-15-18-4-2-1-3-5-18)8-9-26-10-12-27(13-11-26)16-21(23,24)25/h1-7,14H,8-13,15-16H2. The summed E-state index contributed by atoms with van der Waals surface area (Å²) in [6, 6.07) is 16.1. The van der Waals surface area contributed by atoms with Gasteiger partial charge in [-0.2, -0.15) is 13.2 Å². The van der Waals surface area contributed by atoms with Gasteiger partial charge in [0, 0.05) is 32.7 Å². The Morgan fingerprint density at radius 3 is 2.21 bits per heavy atom. The van der Waals surface area contributed by atoms with Crippen LogP contribution in [0.15, 0.2) is 53.0 Å². The highest BCUT2D eigenvalue weighted by atomic mass is 79.9. The summed E-state index contributed by atoms with van der Waals surface area (Å²) in [5.41, 5.74) is 2.29. The molecule has 0 amide bonds. The van der Waals surface area contributed by atoms with Gasteiger partial charge in [-0.15, -0.1) is 0 Å². The van der Waals surface area contributed by atoms with Gasteiger partial charge in [0.05, 0.1) is 11.0 Å². The highest BCUT2D eigenvalue weighted by Crippen LogP contribution is 2.27. The lowest BCUT2D eigenvalue weighted by Gasteiger charge is -2.35. The number of alkyl halides is 3. The van der Waals surface area contributed by atoms with Crippen LogP contribution in [0.25, 0.3) is 0 Å². The van der Waals surface area contributed by atoms with Crippen molar-refractivity contribution < 1.29 is 17.9 Å². The molecule has 1 aliphatic heterocycles. The minimum absolute atomic E-state index is 0.468. The van der Waals surface area contributed by atoms with Crippen molar-refractivity contribution in [2.24, 2.45) is 0 Å². The zero-order valence-corrected chi connectivity index (χ0v) is 17.2. The van der Waals surface area contributed by atoms with Crippen molar-refractivity contribution in [1.82, 2.24) is 9.80 Å². The molecule has 0 aliphatic carbocycles. The van der Waals surface area contributed by atoms with Crippen molar-refractivity contribution in [3.63, 3.8) is 0 Å². The third-order valence-electron chi connectivity index (χ3n) is 4.82. The second-order valence-electron chi connectivity index (χ2n) is 7.02. The summed E-state index contributed by atoms with van der Waals surface area (Å²) in [7, 11) is 0. The molecule has 3 nitrogen and oxygen atoms in total. The molecule has 0 atom stereocenters. The quantitative estimate of drug-likeness (QED) is 0.597. The first-order chi connectivity index (χ1) is 13.4. The molecule has 0 spiro atoms. The maximum absolute atomic E-state index is 12.5. The van der Waals surface area contributed by atoms with E-state index in [2.05, 4.69) is 26.9 Å². The zero-order chi connectivity index (χ0) is 20.0. The van der Waals surface area contributed by atoms with Crippen molar-refractivity contribution in [3.8, 4) is 5.75 Å². The van der Waals surface area contributed by atoms with E-state index in [0.717, 1.165) is 28.8 Å². The highest BCUT2D eigenvalue weighted by molar-refractivity contribution is 9.10. The summed E-state index contributed by atoms with van der Waals surface area (Å²) in [6.07, 6.45) is -3.25. The van der Waals surface area contributed by atoms with Crippen LogP contribution in [0.5, 0.6) is 5.75 Å². The number of benzene rings is 2. The van der Waals surface area contributed by atoms with E-state index in [9.17, 15) is 13.2 Å². The molecule has 2 aromatic carbocycles. The van der Waals surface area contributed by atoms with Crippen molar-refractivity contribution in [2.45, 2.75) is 19.2 Å². The number of halogens is 4.